The number of phenolic OH excluding ortho intramolecular Hbond substituents is 1. The monoisotopic (exact) mass is 274 g/mol. The van der Waals surface area contributed by atoms with Crippen LogP contribution in [0.5, 0.6) is 11.5 Å². The number of ether oxygens (including phenoxy) is 1. The SMILES string of the molecule is COc1ccc(-c2nc(C3CCC(C)C3)no2)c(O)c1. The number of phenols is 1. The summed E-state index contributed by atoms with van der Waals surface area (Å²) >= 11 is 0. The minimum Gasteiger partial charge on any atom is -0.507 e. The van der Waals surface area contributed by atoms with Crippen molar-refractivity contribution in [1.82, 2.24) is 10.1 Å². The van der Waals surface area contributed by atoms with Crippen LogP contribution in [0.3, 0.4) is 0 Å². The molecule has 1 aliphatic carbocycles. The molecule has 0 spiro atoms. The van der Waals surface area contributed by atoms with Crippen LogP contribution in [0.2, 0.25) is 0 Å². The van der Waals surface area contributed by atoms with Gasteiger partial charge in [-0.25, -0.2) is 0 Å². The van der Waals surface area contributed by atoms with E-state index in [0.717, 1.165) is 24.6 Å². The highest BCUT2D eigenvalue weighted by molar-refractivity contribution is 5.63. The summed E-state index contributed by atoms with van der Waals surface area (Å²) in [6, 6.07) is 5.02. The van der Waals surface area contributed by atoms with Crippen LogP contribution >= 0.6 is 0 Å². The molecule has 2 aromatic rings. The molecule has 20 heavy (non-hydrogen) atoms. The Balaban J connectivity index is 1.86. The van der Waals surface area contributed by atoms with Crippen LogP contribution in [0, 0.1) is 5.92 Å². The first-order valence-electron chi connectivity index (χ1n) is 6.88. The van der Waals surface area contributed by atoms with Gasteiger partial charge >= 0.3 is 0 Å². The van der Waals surface area contributed by atoms with E-state index in [4.69, 9.17) is 9.26 Å². The summed E-state index contributed by atoms with van der Waals surface area (Å²) in [6.07, 6.45) is 3.42. The fourth-order valence-corrected chi connectivity index (χ4v) is 2.77. The Bertz CT molecular complexity index is 609. The van der Waals surface area contributed by atoms with E-state index in [1.54, 1.807) is 19.2 Å². The summed E-state index contributed by atoms with van der Waals surface area (Å²) in [5.41, 5.74) is 0.538. The van der Waals surface area contributed by atoms with Gasteiger partial charge in [0, 0.05) is 12.0 Å². The fraction of sp³-hybridized carbons (Fsp3) is 0.467. The quantitative estimate of drug-likeness (QED) is 0.929. The van der Waals surface area contributed by atoms with Gasteiger partial charge in [-0.1, -0.05) is 12.1 Å². The number of hydrogen-bond donors (Lipinski definition) is 1. The predicted octanol–water partition coefficient (Wildman–Crippen LogP) is 3.35. The van der Waals surface area contributed by atoms with Crippen molar-refractivity contribution in [1.29, 1.82) is 0 Å². The van der Waals surface area contributed by atoms with Gasteiger partial charge < -0.3 is 14.4 Å². The Morgan fingerprint density at radius 1 is 1.35 bits per heavy atom. The normalized spacial score (nSPS) is 22.1. The molecule has 1 fully saturated rings. The Hall–Kier alpha value is -2.04. The first-order chi connectivity index (χ1) is 9.67. The zero-order chi connectivity index (χ0) is 14.1. The molecule has 0 aliphatic heterocycles. The van der Waals surface area contributed by atoms with Gasteiger partial charge in [0.25, 0.3) is 5.89 Å². The van der Waals surface area contributed by atoms with Crippen LogP contribution in [0.25, 0.3) is 11.5 Å². The molecular formula is C15H18N2O3. The number of aromatic nitrogens is 2. The van der Waals surface area contributed by atoms with Crippen LogP contribution in [0.1, 0.15) is 37.9 Å². The molecule has 0 amide bonds. The van der Waals surface area contributed by atoms with Crippen molar-refractivity contribution in [3.8, 4) is 23.0 Å². The third-order valence-electron chi connectivity index (χ3n) is 3.94. The highest BCUT2D eigenvalue weighted by Crippen LogP contribution is 2.38. The number of aromatic hydroxyl groups is 1. The molecular weight excluding hydrogens is 256 g/mol. The Kier molecular flexibility index (Phi) is 3.34. The number of nitrogens with zero attached hydrogens (tertiary/aromatic N) is 2. The van der Waals surface area contributed by atoms with Gasteiger partial charge in [0.05, 0.1) is 12.7 Å². The summed E-state index contributed by atoms with van der Waals surface area (Å²) in [6.45, 7) is 2.25. The highest BCUT2D eigenvalue weighted by Gasteiger charge is 2.27. The molecule has 106 valence electrons. The largest absolute Gasteiger partial charge is 0.507 e. The van der Waals surface area contributed by atoms with Crippen LogP contribution in [0.4, 0.5) is 0 Å². The predicted molar refractivity (Wildman–Crippen MR) is 73.7 cm³/mol. The minimum absolute atomic E-state index is 0.0827. The van der Waals surface area contributed by atoms with Crippen molar-refractivity contribution < 1.29 is 14.4 Å². The zero-order valence-corrected chi connectivity index (χ0v) is 11.7. The summed E-state index contributed by atoms with van der Waals surface area (Å²) in [4.78, 5) is 4.43. The van der Waals surface area contributed by atoms with E-state index in [2.05, 4.69) is 17.1 Å². The topological polar surface area (TPSA) is 68.4 Å². The molecule has 5 heteroatoms. The number of methoxy groups -OCH3 is 1. The average Bonchev–Trinajstić information content (AvgIpc) is 3.07. The summed E-state index contributed by atoms with van der Waals surface area (Å²) < 4.78 is 10.3. The standard InChI is InChI=1S/C15H18N2O3/c1-9-3-4-10(7-9)14-16-15(20-17-14)12-6-5-11(19-2)8-13(12)18/h5-6,8-10,18H,3-4,7H2,1-2H3. The second-order valence-electron chi connectivity index (χ2n) is 5.46. The second kappa shape index (κ2) is 5.15. The summed E-state index contributed by atoms with van der Waals surface area (Å²) in [5, 5.41) is 14.0. The molecule has 0 bridgehead atoms. The van der Waals surface area contributed by atoms with Crippen molar-refractivity contribution in [3.63, 3.8) is 0 Å². The number of rotatable bonds is 3. The zero-order valence-electron chi connectivity index (χ0n) is 11.7. The van der Waals surface area contributed by atoms with Crippen molar-refractivity contribution >= 4 is 0 Å². The van der Waals surface area contributed by atoms with E-state index in [-0.39, 0.29) is 5.75 Å². The van der Waals surface area contributed by atoms with Crippen molar-refractivity contribution in [2.75, 3.05) is 7.11 Å². The average molecular weight is 274 g/mol. The molecule has 5 nitrogen and oxygen atoms in total. The van der Waals surface area contributed by atoms with Crippen molar-refractivity contribution in [2.24, 2.45) is 5.92 Å². The molecule has 1 N–H and O–H groups in total. The maximum Gasteiger partial charge on any atom is 0.261 e. The van der Waals surface area contributed by atoms with Crippen LogP contribution in [-0.2, 0) is 0 Å². The highest BCUT2D eigenvalue weighted by atomic mass is 16.5. The van der Waals surface area contributed by atoms with Gasteiger partial charge in [-0.2, -0.15) is 4.98 Å². The first-order valence-corrected chi connectivity index (χ1v) is 6.88. The van der Waals surface area contributed by atoms with E-state index in [9.17, 15) is 5.11 Å². The molecule has 2 atom stereocenters. The third kappa shape index (κ3) is 2.35. The molecule has 0 radical (unpaired) electrons. The maximum atomic E-state index is 9.98. The van der Waals surface area contributed by atoms with Gasteiger partial charge in [0.15, 0.2) is 5.82 Å². The lowest BCUT2D eigenvalue weighted by molar-refractivity contribution is 0.402. The van der Waals surface area contributed by atoms with Crippen LogP contribution in [-0.4, -0.2) is 22.4 Å². The Labute approximate surface area is 117 Å². The lowest BCUT2D eigenvalue weighted by Crippen LogP contribution is -1.96. The van der Waals surface area contributed by atoms with Gasteiger partial charge in [-0.05, 0) is 37.3 Å². The maximum absolute atomic E-state index is 9.98. The molecule has 0 saturated heterocycles. The molecule has 2 unspecified atom stereocenters. The lowest BCUT2D eigenvalue weighted by Gasteiger charge is -2.03. The fourth-order valence-electron chi connectivity index (χ4n) is 2.77. The number of hydrogen-bond acceptors (Lipinski definition) is 5. The minimum atomic E-state index is 0.0827. The smallest absolute Gasteiger partial charge is 0.261 e. The van der Waals surface area contributed by atoms with Gasteiger partial charge in [0.1, 0.15) is 11.5 Å². The van der Waals surface area contributed by atoms with Gasteiger partial charge in [-0.3, -0.25) is 0 Å². The molecule has 1 heterocycles. The Morgan fingerprint density at radius 2 is 2.20 bits per heavy atom. The molecule has 3 rings (SSSR count). The van der Waals surface area contributed by atoms with E-state index in [0.29, 0.717) is 23.1 Å². The van der Waals surface area contributed by atoms with E-state index < -0.39 is 0 Å². The summed E-state index contributed by atoms with van der Waals surface area (Å²) in [5.74, 6) is 2.88. The van der Waals surface area contributed by atoms with Gasteiger partial charge in [0.2, 0.25) is 0 Å². The van der Waals surface area contributed by atoms with Crippen molar-refractivity contribution in [2.45, 2.75) is 32.1 Å². The second-order valence-corrected chi connectivity index (χ2v) is 5.46. The van der Waals surface area contributed by atoms with Gasteiger partial charge in [-0.15, -0.1) is 0 Å². The van der Waals surface area contributed by atoms with Crippen molar-refractivity contribution in [3.05, 3.63) is 24.0 Å². The van der Waals surface area contributed by atoms with E-state index >= 15 is 0 Å². The van der Waals surface area contributed by atoms with E-state index in [1.807, 2.05) is 0 Å². The Morgan fingerprint density at radius 3 is 2.85 bits per heavy atom. The molecule has 1 aromatic carbocycles. The molecule has 1 saturated carbocycles. The van der Waals surface area contributed by atoms with Crippen LogP contribution in [0.15, 0.2) is 22.7 Å². The molecule has 1 aromatic heterocycles. The lowest BCUT2D eigenvalue weighted by atomic mass is 10.1. The van der Waals surface area contributed by atoms with E-state index in [1.165, 1.54) is 12.5 Å². The van der Waals surface area contributed by atoms with Crippen LogP contribution < -0.4 is 4.74 Å². The molecule has 1 aliphatic rings. The third-order valence-corrected chi connectivity index (χ3v) is 3.94. The summed E-state index contributed by atoms with van der Waals surface area (Å²) in [7, 11) is 1.56. The first kappa shape index (κ1) is 13.0. The number of benzene rings is 1.